The van der Waals surface area contributed by atoms with Crippen molar-refractivity contribution in [1.29, 1.82) is 0 Å². The lowest BCUT2D eigenvalue weighted by molar-refractivity contribution is 0.0693. The Kier molecular flexibility index (Phi) is 4.94. The van der Waals surface area contributed by atoms with Crippen molar-refractivity contribution in [3.8, 4) is 5.75 Å². The maximum Gasteiger partial charge on any atom is 0.339 e. The van der Waals surface area contributed by atoms with Gasteiger partial charge in [-0.3, -0.25) is 0 Å². The first-order chi connectivity index (χ1) is 12.7. The van der Waals surface area contributed by atoms with Gasteiger partial charge in [0.2, 0.25) is 0 Å². The largest absolute Gasteiger partial charge is 0.506 e. The Hall–Kier alpha value is -2.49. The van der Waals surface area contributed by atoms with E-state index in [0.29, 0.717) is 12.2 Å². The standard InChI is InChI=1S/C23H28O4/c1-15(2)8-10-23-12-11-22(3,4)14-19(23)27-13-9-18(23)16-6-5-7-17(20(16)24)21(25)26/h5-9,14,24H,10-13H2,1-4H3,(H,25,26). The summed E-state index contributed by atoms with van der Waals surface area (Å²) in [5.41, 5.74) is 2.39. The van der Waals surface area contributed by atoms with Gasteiger partial charge in [0.05, 0.1) is 5.41 Å². The number of phenols is 1. The monoisotopic (exact) mass is 368 g/mol. The van der Waals surface area contributed by atoms with Crippen molar-refractivity contribution in [1.82, 2.24) is 0 Å². The molecule has 0 radical (unpaired) electrons. The first-order valence-electron chi connectivity index (χ1n) is 9.42. The van der Waals surface area contributed by atoms with Gasteiger partial charge in [0.15, 0.2) is 0 Å². The van der Waals surface area contributed by atoms with Crippen LogP contribution in [0.3, 0.4) is 0 Å². The molecule has 1 heterocycles. The van der Waals surface area contributed by atoms with Crippen LogP contribution in [0, 0.1) is 10.8 Å². The highest BCUT2D eigenvalue weighted by atomic mass is 16.5. The maximum atomic E-state index is 11.5. The van der Waals surface area contributed by atoms with Crippen LogP contribution in [0.25, 0.3) is 5.57 Å². The molecule has 27 heavy (non-hydrogen) atoms. The lowest BCUT2D eigenvalue weighted by atomic mass is 9.61. The Bertz CT molecular complexity index is 853. The summed E-state index contributed by atoms with van der Waals surface area (Å²) in [4.78, 5) is 11.5. The molecule has 4 heteroatoms. The zero-order valence-electron chi connectivity index (χ0n) is 16.5. The molecule has 0 saturated heterocycles. The normalized spacial score (nSPS) is 23.4. The Morgan fingerprint density at radius 1 is 1.26 bits per heavy atom. The Labute approximate surface area is 160 Å². The Balaban J connectivity index is 2.20. The molecule has 0 aromatic heterocycles. The summed E-state index contributed by atoms with van der Waals surface area (Å²) in [5.74, 6) is -0.353. The highest BCUT2D eigenvalue weighted by Gasteiger charge is 2.46. The van der Waals surface area contributed by atoms with Crippen molar-refractivity contribution in [3.05, 3.63) is 58.9 Å². The van der Waals surface area contributed by atoms with Crippen molar-refractivity contribution < 1.29 is 19.7 Å². The first kappa shape index (κ1) is 19.3. The van der Waals surface area contributed by atoms with Gasteiger partial charge >= 0.3 is 5.97 Å². The molecule has 0 saturated carbocycles. The fourth-order valence-electron chi connectivity index (χ4n) is 4.07. The predicted octanol–water partition coefficient (Wildman–Crippen LogP) is 5.55. The third-order valence-corrected chi connectivity index (χ3v) is 5.65. The first-order valence-corrected chi connectivity index (χ1v) is 9.42. The number of carboxylic acid groups (broad SMARTS) is 1. The molecule has 144 valence electrons. The number of ether oxygens (including phenoxy) is 1. The minimum atomic E-state index is -1.12. The summed E-state index contributed by atoms with van der Waals surface area (Å²) in [6.45, 7) is 8.97. The Morgan fingerprint density at radius 3 is 2.67 bits per heavy atom. The van der Waals surface area contributed by atoms with Gasteiger partial charge in [-0.25, -0.2) is 4.79 Å². The van der Waals surface area contributed by atoms with Crippen LogP contribution in [0.15, 0.2) is 47.8 Å². The fourth-order valence-corrected chi connectivity index (χ4v) is 4.07. The van der Waals surface area contributed by atoms with Gasteiger partial charge in [0, 0.05) is 5.56 Å². The third-order valence-electron chi connectivity index (χ3n) is 5.65. The van der Waals surface area contributed by atoms with E-state index < -0.39 is 5.97 Å². The van der Waals surface area contributed by atoms with Gasteiger partial charge < -0.3 is 14.9 Å². The molecule has 2 aliphatic rings. The predicted molar refractivity (Wildman–Crippen MR) is 107 cm³/mol. The number of rotatable bonds is 4. The highest BCUT2D eigenvalue weighted by Crippen LogP contribution is 2.57. The number of carbonyl (C=O) groups is 1. The summed E-state index contributed by atoms with van der Waals surface area (Å²) in [5, 5.41) is 20.1. The zero-order chi connectivity index (χ0) is 19.8. The molecule has 2 N–H and O–H groups in total. The molecule has 0 fully saturated rings. The molecule has 1 aromatic rings. The summed E-state index contributed by atoms with van der Waals surface area (Å²) >= 11 is 0. The van der Waals surface area contributed by atoms with Gasteiger partial charge in [0.1, 0.15) is 23.7 Å². The van der Waals surface area contributed by atoms with Gasteiger partial charge in [-0.05, 0) is 62.3 Å². The maximum absolute atomic E-state index is 11.5. The van der Waals surface area contributed by atoms with Crippen molar-refractivity contribution in [2.24, 2.45) is 10.8 Å². The quantitative estimate of drug-likeness (QED) is 0.684. The van der Waals surface area contributed by atoms with Crippen molar-refractivity contribution in [2.45, 2.75) is 47.0 Å². The highest BCUT2D eigenvalue weighted by molar-refractivity contribution is 5.94. The summed E-state index contributed by atoms with van der Waals surface area (Å²) in [7, 11) is 0. The number of fused-ring (bicyclic) bond motifs is 1. The molecule has 1 aromatic carbocycles. The molecular weight excluding hydrogens is 340 g/mol. The molecule has 0 spiro atoms. The van der Waals surface area contributed by atoms with Crippen LogP contribution in [0.2, 0.25) is 0 Å². The van der Waals surface area contributed by atoms with E-state index in [1.807, 2.05) is 6.08 Å². The van der Waals surface area contributed by atoms with Crippen LogP contribution >= 0.6 is 0 Å². The molecule has 0 amide bonds. The number of aromatic carboxylic acids is 1. The second-order valence-corrected chi connectivity index (χ2v) is 8.50. The van der Waals surface area contributed by atoms with E-state index in [1.54, 1.807) is 12.1 Å². The van der Waals surface area contributed by atoms with Gasteiger partial charge in [-0.2, -0.15) is 0 Å². The second kappa shape index (κ2) is 6.91. The molecular formula is C23H28O4. The molecule has 3 rings (SSSR count). The lowest BCUT2D eigenvalue weighted by Gasteiger charge is -2.46. The molecule has 1 unspecified atom stereocenters. The number of benzene rings is 1. The summed E-state index contributed by atoms with van der Waals surface area (Å²) < 4.78 is 6.08. The van der Waals surface area contributed by atoms with Crippen molar-refractivity contribution in [3.63, 3.8) is 0 Å². The molecule has 4 nitrogen and oxygen atoms in total. The van der Waals surface area contributed by atoms with Gasteiger partial charge in [-0.15, -0.1) is 0 Å². The fraction of sp³-hybridized carbons (Fsp3) is 0.435. The SMILES string of the molecule is CC(C)=CCC12CCC(C)(C)C=C1OCC=C2c1cccc(C(=O)O)c1O. The smallest absolute Gasteiger partial charge is 0.339 e. The van der Waals surface area contributed by atoms with Crippen LogP contribution < -0.4 is 0 Å². The van der Waals surface area contributed by atoms with Crippen molar-refractivity contribution in [2.75, 3.05) is 6.61 Å². The van der Waals surface area contributed by atoms with E-state index in [2.05, 4.69) is 39.8 Å². The van der Waals surface area contributed by atoms with Crippen LogP contribution in [0.1, 0.15) is 62.9 Å². The second-order valence-electron chi connectivity index (χ2n) is 8.50. The van der Waals surface area contributed by atoms with Crippen LogP contribution in [-0.4, -0.2) is 22.8 Å². The molecule has 1 aliphatic carbocycles. The van der Waals surface area contributed by atoms with E-state index >= 15 is 0 Å². The minimum absolute atomic E-state index is 0.0528. The van der Waals surface area contributed by atoms with E-state index in [0.717, 1.165) is 30.6 Å². The number of hydrogen-bond donors (Lipinski definition) is 2. The molecule has 1 atom stereocenters. The number of aromatic hydroxyl groups is 1. The summed E-state index contributed by atoms with van der Waals surface area (Å²) in [6.07, 6.45) is 9.05. The minimum Gasteiger partial charge on any atom is -0.506 e. The van der Waals surface area contributed by atoms with E-state index in [1.165, 1.54) is 11.6 Å². The third kappa shape index (κ3) is 3.53. The number of allylic oxidation sites excluding steroid dienone is 4. The average Bonchev–Trinajstić information content (AvgIpc) is 2.59. The average molecular weight is 368 g/mol. The molecule has 0 bridgehead atoms. The van der Waals surface area contributed by atoms with E-state index in [-0.39, 0.29) is 22.1 Å². The van der Waals surface area contributed by atoms with Crippen LogP contribution in [0.4, 0.5) is 0 Å². The zero-order valence-corrected chi connectivity index (χ0v) is 16.5. The van der Waals surface area contributed by atoms with Crippen molar-refractivity contribution >= 4 is 11.5 Å². The van der Waals surface area contributed by atoms with E-state index in [4.69, 9.17) is 4.74 Å². The molecule has 1 aliphatic heterocycles. The van der Waals surface area contributed by atoms with Gasteiger partial charge in [0.25, 0.3) is 0 Å². The number of hydrogen-bond acceptors (Lipinski definition) is 3. The van der Waals surface area contributed by atoms with Crippen LogP contribution in [-0.2, 0) is 4.74 Å². The lowest BCUT2D eigenvalue weighted by Crippen LogP contribution is -2.36. The number of para-hydroxylation sites is 1. The van der Waals surface area contributed by atoms with E-state index in [9.17, 15) is 15.0 Å². The Morgan fingerprint density at radius 2 is 2.00 bits per heavy atom. The van der Waals surface area contributed by atoms with Gasteiger partial charge in [-0.1, -0.05) is 37.6 Å². The topological polar surface area (TPSA) is 66.8 Å². The number of carboxylic acids is 1. The van der Waals surface area contributed by atoms with Crippen LogP contribution in [0.5, 0.6) is 5.75 Å². The summed E-state index contributed by atoms with van der Waals surface area (Å²) in [6, 6.07) is 4.94.